The highest BCUT2D eigenvalue weighted by atomic mass is 127. The number of morpholine rings is 1. The second-order valence-corrected chi connectivity index (χ2v) is 6.05. The smallest absolute Gasteiger partial charge is 0.254 e. The highest BCUT2D eigenvalue weighted by Crippen LogP contribution is 2.10. The van der Waals surface area contributed by atoms with Gasteiger partial charge in [-0.05, 0) is 17.7 Å². The Hall–Kier alpha value is -1.88. The standard InChI is InChI=1S/C17H23N5O3.HI/c18-17(21-7-9-25-10-8-21)20-11-13-1-3-14(4-2-13)16(24)22-6-5-19-15(23)12-22;/h1-4H,5-12H2,(H2,18,20)(H,19,23);1H. The Morgan fingerprint density at radius 2 is 1.85 bits per heavy atom. The molecule has 0 atom stereocenters. The minimum atomic E-state index is -0.127. The molecule has 2 amide bonds. The Balaban J connectivity index is 0.00000243. The largest absolute Gasteiger partial charge is 0.378 e. The lowest BCUT2D eigenvalue weighted by molar-refractivity contribution is -0.123. The van der Waals surface area contributed by atoms with E-state index < -0.39 is 0 Å². The van der Waals surface area contributed by atoms with Gasteiger partial charge in [-0.1, -0.05) is 12.1 Å². The number of guanidine groups is 1. The molecule has 2 saturated heterocycles. The van der Waals surface area contributed by atoms with Crippen molar-refractivity contribution in [3.8, 4) is 0 Å². The molecule has 2 heterocycles. The first-order chi connectivity index (χ1) is 12.1. The van der Waals surface area contributed by atoms with E-state index >= 15 is 0 Å². The van der Waals surface area contributed by atoms with Gasteiger partial charge in [-0.2, -0.15) is 0 Å². The lowest BCUT2D eigenvalue weighted by Crippen LogP contribution is -2.49. The van der Waals surface area contributed by atoms with Crippen molar-refractivity contribution in [2.75, 3.05) is 45.9 Å². The molecule has 0 spiro atoms. The molecule has 9 heteroatoms. The first-order valence-electron chi connectivity index (χ1n) is 8.41. The minimum absolute atomic E-state index is 0. The van der Waals surface area contributed by atoms with E-state index in [1.54, 1.807) is 17.0 Å². The van der Waals surface area contributed by atoms with Crippen LogP contribution in [-0.2, 0) is 16.1 Å². The number of carbonyl (C=O) groups is 2. The first-order valence-corrected chi connectivity index (χ1v) is 8.41. The number of aliphatic imine (C=N–C) groups is 1. The van der Waals surface area contributed by atoms with Crippen LogP contribution < -0.4 is 11.1 Å². The normalized spacial score (nSPS) is 18.2. The fourth-order valence-electron chi connectivity index (χ4n) is 2.81. The zero-order chi connectivity index (χ0) is 17.6. The van der Waals surface area contributed by atoms with E-state index in [2.05, 4.69) is 10.3 Å². The van der Waals surface area contributed by atoms with E-state index in [4.69, 9.17) is 10.5 Å². The van der Waals surface area contributed by atoms with E-state index in [9.17, 15) is 9.59 Å². The number of nitrogens with one attached hydrogen (secondary N) is 1. The Morgan fingerprint density at radius 1 is 1.15 bits per heavy atom. The van der Waals surface area contributed by atoms with Gasteiger partial charge in [-0.15, -0.1) is 24.0 Å². The quantitative estimate of drug-likeness (QED) is 0.367. The van der Waals surface area contributed by atoms with Gasteiger partial charge in [0.05, 0.1) is 26.3 Å². The molecule has 0 saturated carbocycles. The third kappa shape index (κ3) is 5.31. The molecule has 1 aromatic carbocycles. The summed E-state index contributed by atoms with van der Waals surface area (Å²) in [5.41, 5.74) is 7.56. The Bertz CT molecular complexity index is 659. The van der Waals surface area contributed by atoms with E-state index in [1.165, 1.54) is 0 Å². The van der Waals surface area contributed by atoms with Crippen molar-refractivity contribution in [3.05, 3.63) is 35.4 Å². The molecule has 8 nitrogen and oxygen atoms in total. The van der Waals surface area contributed by atoms with Crippen LogP contribution in [0.15, 0.2) is 29.3 Å². The van der Waals surface area contributed by atoms with E-state index in [-0.39, 0.29) is 42.3 Å². The average molecular weight is 473 g/mol. The summed E-state index contributed by atoms with van der Waals surface area (Å²) in [5.74, 6) is 0.268. The molecule has 0 unspecified atom stereocenters. The summed E-state index contributed by atoms with van der Waals surface area (Å²) < 4.78 is 5.29. The predicted molar refractivity (Wildman–Crippen MR) is 108 cm³/mol. The van der Waals surface area contributed by atoms with Crippen LogP contribution in [0.25, 0.3) is 0 Å². The number of piperazine rings is 1. The highest BCUT2D eigenvalue weighted by Gasteiger charge is 2.22. The summed E-state index contributed by atoms with van der Waals surface area (Å²) in [6, 6.07) is 7.27. The predicted octanol–water partition coefficient (Wildman–Crippen LogP) is 0.0235. The lowest BCUT2D eigenvalue weighted by Gasteiger charge is -2.27. The highest BCUT2D eigenvalue weighted by molar-refractivity contribution is 14.0. The molecule has 142 valence electrons. The number of benzene rings is 1. The summed E-state index contributed by atoms with van der Waals surface area (Å²) in [6.07, 6.45) is 0. The molecule has 26 heavy (non-hydrogen) atoms. The van der Waals surface area contributed by atoms with Gasteiger partial charge in [0, 0.05) is 31.7 Å². The van der Waals surface area contributed by atoms with Crippen molar-refractivity contribution in [1.82, 2.24) is 15.1 Å². The number of nitrogens with two attached hydrogens (primary N) is 1. The fraction of sp³-hybridized carbons (Fsp3) is 0.471. The van der Waals surface area contributed by atoms with Crippen LogP contribution in [0.4, 0.5) is 0 Å². The van der Waals surface area contributed by atoms with Gasteiger partial charge < -0.3 is 25.6 Å². The number of amides is 2. The maximum absolute atomic E-state index is 12.4. The molecule has 3 rings (SSSR count). The zero-order valence-electron chi connectivity index (χ0n) is 14.5. The molecule has 2 aliphatic rings. The van der Waals surface area contributed by atoms with Gasteiger partial charge in [0.15, 0.2) is 5.96 Å². The fourth-order valence-corrected chi connectivity index (χ4v) is 2.81. The van der Waals surface area contributed by atoms with Crippen molar-refractivity contribution in [2.24, 2.45) is 10.7 Å². The maximum Gasteiger partial charge on any atom is 0.254 e. The number of hydrogen-bond donors (Lipinski definition) is 2. The lowest BCUT2D eigenvalue weighted by atomic mass is 10.1. The molecule has 0 aliphatic carbocycles. The SMILES string of the molecule is I.NC(=NCc1ccc(C(=O)N2CCNC(=O)C2)cc1)N1CCOCC1. The third-order valence-electron chi connectivity index (χ3n) is 4.29. The number of halogens is 1. The summed E-state index contributed by atoms with van der Waals surface area (Å²) in [6.45, 7) is 4.46. The second kappa shape index (κ2) is 9.72. The van der Waals surface area contributed by atoms with Crippen molar-refractivity contribution in [3.63, 3.8) is 0 Å². The summed E-state index contributed by atoms with van der Waals surface area (Å²) >= 11 is 0. The topological polar surface area (TPSA) is 100 Å². The number of hydrogen-bond acceptors (Lipinski definition) is 4. The van der Waals surface area contributed by atoms with E-state index in [0.717, 1.165) is 18.7 Å². The molecule has 2 aliphatic heterocycles. The molecular formula is C17H24IN5O3. The van der Waals surface area contributed by atoms with Gasteiger partial charge in [-0.25, -0.2) is 4.99 Å². The van der Waals surface area contributed by atoms with Crippen molar-refractivity contribution in [1.29, 1.82) is 0 Å². The number of carbonyl (C=O) groups excluding carboxylic acids is 2. The zero-order valence-corrected chi connectivity index (χ0v) is 16.8. The van der Waals surface area contributed by atoms with Gasteiger partial charge in [0.25, 0.3) is 5.91 Å². The van der Waals surface area contributed by atoms with Gasteiger partial charge in [-0.3, -0.25) is 9.59 Å². The number of rotatable bonds is 3. The van der Waals surface area contributed by atoms with E-state index in [1.807, 2.05) is 17.0 Å². The van der Waals surface area contributed by atoms with Gasteiger partial charge >= 0.3 is 0 Å². The van der Waals surface area contributed by atoms with Crippen LogP contribution in [0.3, 0.4) is 0 Å². The minimum Gasteiger partial charge on any atom is -0.378 e. The van der Waals surface area contributed by atoms with E-state index in [0.29, 0.717) is 44.4 Å². The summed E-state index contributed by atoms with van der Waals surface area (Å²) in [7, 11) is 0. The number of ether oxygens (including phenoxy) is 1. The Labute approximate surface area is 169 Å². The molecule has 1 aromatic rings. The van der Waals surface area contributed by atoms with Crippen LogP contribution in [0.5, 0.6) is 0 Å². The van der Waals surface area contributed by atoms with Gasteiger partial charge in [0.2, 0.25) is 5.91 Å². The van der Waals surface area contributed by atoms with Crippen molar-refractivity contribution in [2.45, 2.75) is 6.54 Å². The second-order valence-electron chi connectivity index (χ2n) is 6.05. The molecule has 0 aromatic heterocycles. The average Bonchev–Trinajstić information content (AvgIpc) is 2.66. The van der Waals surface area contributed by atoms with Gasteiger partial charge in [0.1, 0.15) is 0 Å². The Morgan fingerprint density at radius 3 is 2.50 bits per heavy atom. The molecule has 0 bridgehead atoms. The Kier molecular flexibility index (Phi) is 7.64. The third-order valence-corrected chi connectivity index (χ3v) is 4.29. The molecule has 3 N–H and O–H groups in total. The number of nitrogens with zero attached hydrogens (tertiary/aromatic N) is 3. The van der Waals surface area contributed by atoms with Crippen molar-refractivity contribution < 1.29 is 14.3 Å². The monoisotopic (exact) mass is 473 g/mol. The molecule has 2 fully saturated rings. The summed E-state index contributed by atoms with van der Waals surface area (Å²) in [5, 5.41) is 2.71. The van der Waals surface area contributed by atoms with Crippen LogP contribution in [-0.4, -0.2) is 73.5 Å². The summed E-state index contributed by atoms with van der Waals surface area (Å²) in [4.78, 5) is 31.8. The molecule has 0 radical (unpaired) electrons. The van der Waals surface area contributed by atoms with Crippen LogP contribution in [0.1, 0.15) is 15.9 Å². The molecular weight excluding hydrogens is 449 g/mol. The van der Waals surface area contributed by atoms with Crippen LogP contribution in [0.2, 0.25) is 0 Å². The van der Waals surface area contributed by atoms with Crippen molar-refractivity contribution >= 4 is 41.8 Å². The maximum atomic E-state index is 12.4. The van der Waals surface area contributed by atoms with Crippen LogP contribution >= 0.6 is 24.0 Å². The van der Waals surface area contributed by atoms with Crippen LogP contribution in [0, 0.1) is 0 Å². The first kappa shape index (κ1) is 20.4.